The molecule has 1 aliphatic heterocycles. The number of hydrogen-bond donors (Lipinski definition) is 1. The van der Waals surface area contributed by atoms with E-state index in [9.17, 15) is 0 Å². The number of hydrogen-bond acceptors (Lipinski definition) is 2. The van der Waals surface area contributed by atoms with Crippen molar-refractivity contribution in [2.75, 3.05) is 26.2 Å². The third kappa shape index (κ3) is 5.53. The minimum absolute atomic E-state index is 0.701. The van der Waals surface area contributed by atoms with Crippen molar-refractivity contribution in [1.29, 1.82) is 0 Å². The summed E-state index contributed by atoms with van der Waals surface area (Å²) in [5.41, 5.74) is 0. The van der Waals surface area contributed by atoms with Crippen molar-refractivity contribution >= 4 is 0 Å². The standard InChI is InChI=1S/C13H28N2/c1-4-14-13(3)7-5-6-9-15-10-8-12(2)11-15/h12-14H,4-11H2,1-3H3. The van der Waals surface area contributed by atoms with Gasteiger partial charge in [-0.15, -0.1) is 0 Å². The van der Waals surface area contributed by atoms with E-state index in [1.807, 2.05) is 0 Å². The molecule has 0 amide bonds. The summed E-state index contributed by atoms with van der Waals surface area (Å²) in [4.78, 5) is 2.63. The van der Waals surface area contributed by atoms with Gasteiger partial charge in [0.15, 0.2) is 0 Å². The Balaban J connectivity index is 1.92. The van der Waals surface area contributed by atoms with Crippen molar-refractivity contribution in [2.24, 2.45) is 5.92 Å². The zero-order chi connectivity index (χ0) is 11.1. The van der Waals surface area contributed by atoms with Crippen LogP contribution in [0.1, 0.15) is 46.5 Å². The van der Waals surface area contributed by atoms with Gasteiger partial charge in [-0.1, -0.05) is 20.3 Å². The molecule has 2 nitrogen and oxygen atoms in total. The van der Waals surface area contributed by atoms with Crippen LogP contribution in [0.4, 0.5) is 0 Å². The molecule has 90 valence electrons. The number of likely N-dealkylation sites (tertiary alicyclic amines) is 1. The lowest BCUT2D eigenvalue weighted by Crippen LogP contribution is -2.26. The largest absolute Gasteiger partial charge is 0.315 e. The Morgan fingerprint density at radius 2 is 2.20 bits per heavy atom. The predicted octanol–water partition coefficient (Wildman–Crippen LogP) is 2.50. The summed E-state index contributed by atoms with van der Waals surface area (Å²) in [7, 11) is 0. The Kier molecular flexibility index (Phi) is 6.26. The lowest BCUT2D eigenvalue weighted by molar-refractivity contribution is 0.315. The molecule has 0 saturated carbocycles. The summed E-state index contributed by atoms with van der Waals surface area (Å²) >= 11 is 0. The monoisotopic (exact) mass is 212 g/mol. The van der Waals surface area contributed by atoms with E-state index >= 15 is 0 Å². The molecule has 1 saturated heterocycles. The van der Waals surface area contributed by atoms with E-state index in [0.717, 1.165) is 12.5 Å². The summed E-state index contributed by atoms with van der Waals surface area (Å²) < 4.78 is 0. The normalized spacial score (nSPS) is 24.6. The predicted molar refractivity (Wildman–Crippen MR) is 67.2 cm³/mol. The van der Waals surface area contributed by atoms with Crippen LogP contribution in [-0.2, 0) is 0 Å². The quantitative estimate of drug-likeness (QED) is 0.652. The van der Waals surface area contributed by atoms with E-state index in [4.69, 9.17) is 0 Å². The van der Waals surface area contributed by atoms with Gasteiger partial charge in [-0.3, -0.25) is 0 Å². The minimum Gasteiger partial charge on any atom is -0.315 e. The topological polar surface area (TPSA) is 15.3 Å². The zero-order valence-corrected chi connectivity index (χ0v) is 10.8. The van der Waals surface area contributed by atoms with E-state index in [2.05, 4.69) is 31.0 Å². The molecule has 0 aromatic heterocycles. The lowest BCUT2D eigenvalue weighted by atomic mass is 10.1. The first-order valence-corrected chi connectivity index (χ1v) is 6.68. The smallest absolute Gasteiger partial charge is 0.00386 e. The van der Waals surface area contributed by atoms with Crippen LogP contribution in [0.25, 0.3) is 0 Å². The fourth-order valence-corrected chi connectivity index (χ4v) is 2.47. The summed E-state index contributed by atoms with van der Waals surface area (Å²) in [5, 5.41) is 3.47. The molecule has 2 atom stereocenters. The second-order valence-electron chi connectivity index (χ2n) is 5.15. The Morgan fingerprint density at radius 1 is 1.40 bits per heavy atom. The first-order valence-electron chi connectivity index (χ1n) is 6.68. The van der Waals surface area contributed by atoms with Gasteiger partial charge in [-0.05, 0) is 51.7 Å². The molecule has 1 fully saturated rings. The molecular weight excluding hydrogens is 184 g/mol. The Bertz CT molecular complexity index is 159. The third-order valence-electron chi connectivity index (χ3n) is 3.42. The molecule has 0 radical (unpaired) electrons. The van der Waals surface area contributed by atoms with Crippen molar-refractivity contribution in [2.45, 2.75) is 52.5 Å². The highest BCUT2D eigenvalue weighted by molar-refractivity contribution is 4.72. The van der Waals surface area contributed by atoms with Gasteiger partial charge in [0, 0.05) is 12.6 Å². The van der Waals surface area contributed by atoms with Gasteiger partial charge in [0.25, 0.3) is 0 Å². The maximum Gasteiger partial charge on any atom is 0.00386 e. The van der Waals surface area contributed by atoms with Crippen LogP contribution in [-0.4, -0.2) is 37.1 Å². The SMILES string of the molecule is CCNC(C)CCCCN1CCC(C)C1. The third-order valence-corrected chi connectivity index (χ3v) is 3.42. The number of nitrogens with one attached hydrogen (secondary N) is 1. The maximum absolute atomic E-state index is 3.47. The zero-order valence-electron chi connectivity index (χ0n) is 10.8. The molecule has 2 heteroatoms. The first-order chi connectivity index (χ1) is 7.22. The molecular formula is C13H28N2. The molecule has 0 bridgehead atoms. The van der Waals surface area contributed by atoms with Crippen LogP contribution in [0.3, 0.4) is 0 Å². The van der Waals surface area contributed by atoms with Gasteiger partial charge in [-0.2, -0.15) is 0 Å². The summed E-state index contributed by atoms with van der Waals surface area (Å²) in [5.74, 6) is 0.936. The van der Waals surface area contributed by atoms with Gasteiger partial charge >= 0.3 is 0 Å². The van der Waals surface area contributed by atoms with Gasteiger partial charge in [0.2, 0.25) is 0 Å². The van der Waals surface area contributed by atoms with Crippen molar-refractivity contribution < 1.29 is 0 Å². The van der Waals surface area contributed by atoms with E-state index in [0.29, 0.717) is 6.04 Å². The minimum atomic E-state index is 0.701. The average molecular weight is 212 g/mol. The fourth-order valence-electron chi connectivity index (χ4n) is 2.47. The van der Waals surface area contributed by atoms with Crippen molar-refractivity contribution in [3.8, 4) is 0 Å². The number of nitrogens with zero attached hydrogens (tertiary/aromatic N) is 1. The fraction of sp³-hybridized carbons (Fsp3) is 1.00. The van der Waals surface area contributed by atoms with Gasteiger partial charge in [0.05, 0.1) is 0 Å². The van der Waals surface area contributed by atoms with Gasteiger partial charge < -0.3 is 10.2 Å². The van der Waals surface area contributed by atoms with Crippen molar-refractivity contribution in [3.63, 3.8) is 0 Å². The van der Waals surface area contributed by atoms with Crippen LogP contribution >= 0.6 is 0 Å². The maximum atomic E-state index is 3.47. The molecule has 0 aromatic rings. The number of unbranched alkanes of at least 4 members (excludes halogenated alkanes) is 1. The Morgan fingerprint density at radius 3 is 2.80 bits per heavy atom. The summed E-state index contributed by atoms with van der Waals surface area (Å²) in [6, 6.07) is 0.701. The molecule has 1 aliphatic rings. The van der Waals surface area contributed by atoms with E-state index in [1.165, 1.54) is 45.3 Å². The van der Waals surface area contributed by atoms with Crippen LogP contribution in [0.2, 0.25) is 0 Å². The highest BCUT2D eigenvalue weighted by Crippen LogP contribution is 2.15. The van der Waals surface area contributed by atoms with Gasteiger partial charge in [0.1, 0.15) is 0 Å². The van der Waals surface area contributed by atoms with Crippen LogP contribution in [0, 0.1) is 5.92 Å². The van der Waals surface area contributed by atoms with Crippen LogP contribution in [0.15, 0.2) is 0 Å². The summed E-state index contributed by atoms with van der Waals surface area (Å²) in [6.07, 6.45) is 5.49. The van der Waals surface area contributed by atoms with Crippen molar-refractivity contribution in [1.82, 2.24) is 10.2 Å². The van der Waals surface area contributed by atoms with E-state index in [1.54, 1.807) is 0 Å². The molecule has 1 N–H and O–H groups in total. The second kappa shape index (κ2) is 7.24. The second-order valence-corrected chi connectivity index (χ2v) is 5.15. The molecule has 15 heavy (non-hydrogen) atoms. The molecule has 1 rings (SSSR count). The van der Waals surface area contributed by atoms with E-state index < -0.39 is 0 Å². The first kappa shape index (κ1) is 13.0. The number of rotatable bonds is 7. The average Bonchev–Trinajstić information content (AvgIpc) is 2.60. The molecule has 0 aromatic carbocycles. The molecule has 2 unspecified atom stereocenters. The Labute approximate surface area is 95.4 Å². The molecule has 0 aliphatic carbocycles. The molecule has 1 heterocycles. The Hall–Kier alpha value is -0.0800. The van der Waals surface area contributed by atoms with Crippen LogP contribution < -0.4 is 5.32 Å². The highest BCUT2D eigenvalue weighted by atomic mass is 15.1. The highest BCUT2D eigenvalue weighted by Gasteiger charge is 2.17. The van der Waals surface area contributed by atoms with Crippen molar-refractivity contribution in [3.05, 3.63) is 0 Å². The lowest BCUT2D eigenvalue weighted by Gasteiger charge is -2.16. The van der Waals surface area contributed by atoms with E-state index in [-0.39, 0.29) is 0 Å². The molecule has 0 spiro atoms. The van der Waals surface area contributed by atoms with Crippen LogP contribution in [0.5, 0.6) is 0 Å². The van der Waals surface area contributed by atoms with Gasteiger partial charge in [-0.25, -0.2) is 0 Å². The summed E-state index contributed by atoms with van der Waals surface area (Å²) in [6.45, 7) is 11.9.